The van der Waals surface area contributed by atoms with Crippen LogP contribution in [0.2, 0.25) is 0 Å². The van der Waals surface area contributed by atoms with Crippen molar-refractivity contribution in [1.82, 2.24) is 4.98 Å². The van der Waals surface area contributed by atoms with E-state index in [2.05, 4.69) is 9.72 Å². The number of oxazole rings is 1. The highest BCUT2D eigenvalue weighted by molar-refractivity contribution is 5.76. The highest BCUT2D eigenvalue weighted by atomic mass is 19.3. The molecule has 0 saturated carbocycles. The van der Waals surface area contributed by atoms with Crippen molar-refractivity contribution in [2.75, 3.05) is 7.11 Å². The molecule has 1 aromatic heterocycles. The lowest BCUT2D eigenvalue weighted by Crippen LogP contribution is -2.03. The molecule has 0 N–H and O–H groups in total. The predicted octanol–water partition coefficient (Wildman–Crippen LogP) is 4.61. The van der Waals surface area contributed by atoms with Crippen LogP contribution in [0.4, 0.5) is 8.78 Å². The molecule has 0 aliphatic carbocycles. The number of para-hydroxylation sites is 2. The van der Waals surface area contributed by atoms with E-state index in [-0.39, 0.29) is 11.5 Å². The summed E-state index contributed by atoms with van der Waals surface area (Å²) < 4.78 is 39.8. The molecule has 0 unspecified atom stereocenters. The quantitative estimate of drug-likeness (QED) is 0.689. The first-order valence-electron chi connectivity index (χ1n) is 6.82. The molecule has 0 radical (unpaired) electrons. The summed E-state index contributed by atoms with van der Waals surface area (Å²) in [6, 6.07) is 12.1. The summed E-state index contributed by atoms with van der Waals surface area (Å²) in [5, 5.41) is 0. The third-order valence-corrected chi connectivity index (χ3v) is 3.13. The van der Waals surface area contributed by atoms with Crippen LogP contribution in [0.15, 0.2) is 46.9 Å². The Hall–Kier alpha value is -2.89. The van der Waals surface area contributed by atoms with Gasteiger partial charge in [0.2, 0.25) is 5.89 Å². The average Bonchev–Trinajstić information content (AvgIpc) is 2.95. The molecule has 118 valence electrons. The van der Waals surface area contributed by atoms with Crippen LogP contribution in [-0.4, -0.2) is 18.7 Å². The minimum absolute atomic E-state index is 0.0257. The average molecular weight is 317 g/mol. The number of aromatic nitrogens is 1. The maximum absolute atomic E-state index is 12.4. The maximum atomic E-state index is 12.4. The summed E-state index contributed by atoms with van der Waals surface area (Å²) >= 11 is 0. The first-order chi connectivity index (χ1) is 11.2. The minimum Gasteiger partial charge on any atom is -0.493 e. The molecule has 0 bridgehead atoms. The molecule has 6 heteroatoms. The lowest BCUT2D eigenvalue weighted by Gasteiger charge is -2.10. The van der Waals surface area contributed by atoms with Crippen LogP contribution >= 0.6 is 0 Å². The molecule has 0 atom stereocenters. The molecule has 4 nitrogen and oxygen atoms in total. The second kappa shape index (κ2) is 6.48. The van der Waals surface area contributed by atoms with Crippen molar-refractivity contribution in [3.63, 3.8) is 0 Å². The normalized spacial score (nSPS) is 11.5. The number of rotatable bonds is 5. The highest BCUT2D eigenvalue weighted by Crippen LogP contribution is 2.30. The summed E-state index contributed by atoms with van der Waals surface area (Å²) in [5.74, 6) is 0.643. The van der Waals surface area contributed by atoms with Gasteiger partial charge < -0.3 is 13.9 Å². The Morgan fingerprint density at radius 1 is 1.09 bits per heavy atom. The number of fused-ring (bicyclic) bond motifs is 1. The zero-order chi connectivity index (χ0) is 16.2. The third-order valence-electron chi connectivity index (χ3n) is 3.13. The molecule has 23 heavy (non-hydrogen) atoms. The minimum atomic E-state index is -2.92. The van der Waals surface area contributed by atoms with E-state index in [1.165, 1.54) is 13.2 Å². The zero-order valence-electron chi connectivity index (χ0n) is 12.2. The van der Waals surface area contributed by atoms with Gasteiger partial charge in [0.05, 0.1) is 7.11 Å². The number of hydrogen-bond donors (Lipinski definition) is 0. The molecule has 0 fully saturated rings. The lowest BCUT2D eigenvalue weighted by atomic mass is 10.2. The van der Waals surface area contributed by atoms with Crippen LogP contribution in [0.5, 0.6) is 11.5 Å². The third kappa shape index (κ3) is 3.48. The van der Waals surface area contributed by atoms with Crippen LogP contribution in [0.25, 0.3) is 23.3 Å². The van der Waals surface area contributed by atoms with E-state index in [4.69, 9.17) is 9.15 Å². The van der Waals surface area contributed by atoms with Crippen molar-refractivity contribution in [3.8, 4) is 11.5 Å². The van der Waals surface area contributed by atoms with Gasteiger partial charge >= 0.3 is 6.61 Å². The summed E-state index contributed by atoms with van der Waals surface area (Å²) in [5.41, 5.74) is 2.09. The number of benzene rings is 2. The zero-order valence-corrected chi connectivity index (χ0v) is 12.2. The molecule has 2 aromatic carbocycles. The topological polar surface area (TPSA) is 44.5 Å². The van der Waals surface area contributed by atoms with E-state index in [1.807, 2.05) is 24.3 Å². The fourth-order valence-corrected chi connectivity index (χ4v) is 2.11. The highest BCUT2D eigenvalue weighted by Gasteiger charge is 2.10. The van der Waals surface area contributed by atoms with E-state index in [1.54, 1.807) is 24.3 Å². The number of halogens is 2. The number of nitrogens with zero attached hydrogens (tertiary/aromatic N) is 1. The Kier molecular flexibility index (Phi) is 4.23. The van der Waals surface area contributed by atoms with Crippen molar-refractivity contribution in [2.45, 2.75) is 6.61 Å². The number of methoxy groups -OCH3 is 1. The van der Waals surface area contributed by atoms with Gasteiger partial charge in [-0.05, 0) is 35.9 Å². The van der Waals surface area contributed by atoms with Crippen molar-refractivity contribution in [2.24, 2.45) is 0 Å². The Labute approximate surface area is 131 Å². The smallest absolute Gasteiger partial charge is 0.387 e. The van der Waals surface area contributed by atoms with Crippen LogP contribution in [-0.2, 0) is 0 Å². The van der Waals surface area contributed by atoms with E-state index >= 15 is 0 Å². The van der Waals surface area contributed by atoms with Crippen molar-refractivity contribution >= 4 is 23.3 Å². The first-order valence-corrected chi connectivity index (χ1v) is 6.82. The molecule has 0 spiro atoms. The molecule has 0 aliphatic heterocycles. The molecule has 3 rings (SSSR count). The predicted molar refractivity (Wildman–Crippen MR) is 82.6 cm³/mol. The van der Waals surface area contributed by atoms with Gasteiger partial charge in [-0.1, -0.05) is 18.2 Å². The molecule has 3 aromatic rings. The van der Waals surface area contributed by atoms with E-state index in [0.29, 0.717) is 17.0 Å². The largest absolute Gasteiger partial charge is 0.493 e. The Balaban J connectivity index is 1.86. The molecule has 0 amide bonds. The van der Waals surface area contributed by atoms with Crippen molar-refractivity contribution in [1.29, 1.82) is 0 Å². The van der Waals surface area contributed by atoms with Gasteiger partial charge in [0, 0.05) is 6.08 Å². The van der Waals surface area contributed by atoms with Crippen LogP contribution in [0, 0.1) is 0 Å². The first kappa shape index (κ1) is 15.0. The summed E-state index contributed by atoms with van der Waals surface area (Å²) in [6.45, 7) is -2.92. The van der Waals surface area contributed by atoms with Gasteiger partial charge in [-0.3, -0.25) is 0 Å². The standard InChI is InChI=1S/C17H13F2NO3/c1-21-14-8-6-11(10-15(14)23-17(18)19)7-9-16-20-12-4-2-3-5-13(12)22-16/h2-10,17H,1H3/b9-7+. The van der Waals surface area contributed by atoms with Crippen LogP contribution < -0.4 is 9.47 Å². The molecule has 1 heterocycles. The number of alkyl halides is 2. The SMILES string of the molecule is COc1ccc(/C=C/c2nc3ccccc3o2)cc1OC(F)F. The Bertz CT molecular complexity index is 810. The monoisotopic (exact) mass is 317 g/mol. The molecule has 0 aliphatic rings. The van der Waals surface area contributed by atoms with E-state index in [0.717, 1.165) is 5.52 Å². The van der Waals surface area contributed by atoms with Gasteiger partial charge in [0.25, 0.3) is 0 Å². The summed E-state index contributed by atoms with van der Waals surface area (Å²) in [7, 11) is 1.39. The van der Waals surface area contributed by atoms with Gasteiger partial charge in [-0.25, -0.2) is 4.98 Å². The maximum Gasteiger partial charge on any atom is 0.387 e. The second-order valence-electron chi connectivity index (χ2n) is 4.64. The van der Waals surface area contributed by atoms with Crippen molar-refractivity contribution in [3.05, 3.63) is 53.9 Å². The van der Waals surface area contributed by atoms with Gasteiger partial charge in [-0.15, -0.1) is 0 Å². The Morgan fingerprint density at radius 2 is 1.91 bits per heavy atom. The van der Waals surface area contributed by atoms with Crippen LogP contribution in [0.1, 0.15) is 11.5 Å². The number of hydrogen-bond acceptors (Lipinski definition) is 4. The van der Waals surface area contributed by atoms with E-state index < -0.39 is 6.61 Å². The van der Waals surface area contributed by atoms with Gasteiger partial charge in [0.1, 0.15) is 5.52 Å². The second-order valence-corrected chi connectivity index (χ2v) is 4.64. The summed E-state index contributed by atoms with van der Waals surface area (Å²) in [6.07, 6.45) is 3.36. The molecule has 0 saturated heterocycles. The fourth-order valence-electron chi connectivity index (χ4n) is 2.11. The molecular formula is C17H13F2NO3. The molecular weight excluding hydrogens is 304 g/mol. The lowest BCUT2D eigenvalue weighted by molar-refractivity contribution is -0.0512. The van der Waals surface area contributed by atoms with Crippen LogP contribution in [0.3, 0.4) is 0 Å². The van der Waals surface area contributed by atoms with Gasteiger partial charge in [-0.2, -0.15) is 8.78 Å². The summed E-state index contributed by atoms with van der Waals surface area (Å²) in [4.78, 5) is 4.30. The fraction of sp³-hybridized carbons (Fsp3) is 0.118. The van der Waals surface area contributed by atoms with Gasteiger partial charge in [0.15, 0.2) is 17.1 Å². The van der Waals surface area contributed by atoms with E-state index in [9.17, 15) is 8.78 Å². The number of ether oxygens (including phenoxy) is 2. The van der Waals surface area contributed by atoms with Crippen molar-refractivity contribution < 1.29 is 22.7 Å². The Morgan fingerprint density at radius 3 is 2.65 bits per heavy atom.